The van der Waals surface area contributed by atoms with E-state index in [0.29, 0.717) is 47.6 Å². The summed E-state index contributed by atoms with van der Waals surface area (Å²) < 4.78 is 0. The molecule has 2 N–H and O–H groups in total. The van der Waals surface area contributed by atoms with Crippen molar-refractivity contribution in [3.8, 4) is 0 Å². The van der Waals surface area contributed by atoms with Gasteiger partial charge in [-0.1, -0.05) is 23.7 Å². The second-order valence-corrected chi connectivity index (χ2v) is 6.90. The lowest BCUT2D eigenvalue weighted by Gasteiger charge is -2.29. The number of carbonyl (C=O) groups is 2. The van der Waals surface area contributed by atoms with Crippen LogP contribution in [0, 0.1) is 0 Å². The van der Waals surface area contributed by atoms with Gasteiger partial charge in [0.1, 0.15) is 11.6 Å². The predicted molar refractivity (Wildman–Crippen MR) is 99.6 cm³/mol. The van der Waals surface area contributed by atoms with Gasteiger partial charge in [-0.2, -0.15) is 4.98 Å². The highest BCUT2D eigenvalue weighted by Crippen LogP contribution is 2.31. The number of benzene rings is 1. The van der Waals surface area contributed by atoms with E-state index in [2.05, 4.69) is 20.6 Å². The number of halogens is 1. The molecule has 7 nitrogen and oxygen atoms in total. The summed E-state index contributed by atoms with van der Waals surface area (Å²) in [6.45, 7) is 0.350. The van der Waals surface area contributed by atoms with E-state index in [4.69, 9.17) is 11.6 Å². The topological polar surface area (TPSA) is 87.2 Å². The molecule has 2 heterocycles. The predicted octanol–water partition coefficient (Wildman–Crippen LogP) is 3.61. The van der Waals surface area contributed by atoms with Crippen molar-refractivity contribution in [2.75, 3.05) is 15.5 Å². The zero-order valence-corrected chi connectivity index (χ0v) is 14.8. The number of fused-ring (bicyclic) bond motifs is 1. The Balaban J connectivity index is 1.51. The number of amides is 2. The van der Waals surface area contributed by atoms with Crippen molar-refractivity contribution in [2.24, 2.45) is 0 Å². The molecular weight excluding hydrogens is 354 g/mol. The summed E-state index contributed by atoms with van der Waals surface area (Å²) in [5.41, 5.74) is 1.46. The summed E-state index contributed by atoms with van der Waals surface area (Å²) in [5.74, 6) is 1.28. The fraction of sp³-hybridized carbons (Fsp3) is 0.333. The second kappa shape index (κ2) is 6.92. The van der Waals surface area contributed by atoms with Crippen LogP contribution in [0.15, 0.2) is 30.5 Å². The smallest absolute Gasteiger partial charge is 0.327 e. The van der Waals surface area contributed by atoms with Gasteiger partial charge in [-0.05, 0) is 25.0 Å². The standard InChI is InChI=1S/C18H18ClN5O2/c19-14-3-1-2-4-15(14)24-10-11-9-20-17(22-16(11)23-18(24)26)21-12-5-7-13(25)8-6-12/h1-4,9,12H,5-8,10H2,(H2,20,21,22,23,26). The van der Waals surface area contributed by atoms with Crippen LogP contribution in [0.3, 0.4) is 0 Å². The molecule has 2 amide bonds. The Labute approximate surface area is 155 Å². The van der Waals surface area contributed by atoms with E-state index in [0.717, 1.165) is 18.4 Å². The second-order valence-electron chi connectivity index (χ2n) is 6.49. The minimum atomic E-state index is -0.279. The number of anilines is 3. The molecule has 0 radical (unpaired) electrons. The molecule has 2 aliphatic rings. The maximum atomic E-state index is 12.5. The number of urea groups is 1. The summed E-state index contributed by atoms with van der Waals surface area (Å²) in [5, 5.41) is 6.57. The third kappa shape index (κ3) is 3.35. The first-order chi connectivity index (χ1) is 12.6. The van der Waals surface area contributed by atoms with Crippen LogP contribution in [0.1, 0.15) is 31.2 Å². The molecule has 0 atom stereocenters. The molecule has 8 heteroatoms. The van der Waals surface area contributed by atoms with Crippen molar-refractivity contribution in [1.82, 2.24) is 9.97 Å². The molecule has 2 aromatic rings. The van der Waals surface area contributed by atoms with Gasteiger partial charge >= 0.3 is 6.03 Å². The number of Topliss-reactive ketones (excluding diaryl/α,β-unsaturated/α-hetero) is 1. The summed E-state index contributed by atoms with van der Waals surface area (Å²) in [6.07, 6.45) is 4.46. The molecule has 134 valence electrons. The lowest BCUT2D eigenvalue weighted by molar-refractivity contribution is -0.120. The Bertz CT molecular complexity index is 862. The van der Waals surface area contributed by atoms with E-state index in [-0.39, 0.29) is 12.1 Å². The number of ketones is 1. The Hall–Kier alpha value is -2.67. The third-order valence-corrected chi connectivity index (χ3v) is 5.00. The van der Waals surface area contributed by atoms with Crippen molar-refractivity contribution in [3.05, 3.63) is 41.0 Å². The molecule has 0 spiro atoms. The molecular formula is C18H18ClN5O2. The number of hydrogen-bond acceptors (Lipinski definition) is 5. The first-order valence-corrected chi connectivity index (χ1v) is 8.95. The van der Waals surface area contributed by atoms with E-state index in [9.17, 15) is 9.59 Å². The first kappa shape index (κ1) is 16.8. The lowest BCUT2D eigenvalue weighted by Crippen LogP contribution is -2.39. The normalized spacial score (nSPS) is 17.7. The molecule has 0 bridgehead atoms. The number of aromatic nitrogens is 2. The van der Waals surface area contributed by atoms with E-state index >= 15 is 0 Å². The van der Waals surface area contributed by atoms with Crippen LogP contribution in [-0.4, -0.2) is 27.8 Å². The van der Waals surface area contributed by atoms with E-state index in [1.165, 1.54) is 0 Å². The van der Waals surface area contributed by atoms with Gasteiger partial charge in [0.15, 0.2) is 0 Å². The van der Waals surface area contributed by atoms with Gasteiger partial charge in [0, 0.05) is 30.6 Å². The first-order valence-electron chi connectivity index (χ1n) is 8.57. The van der Waals surface area contributed by atoms with Crippen LogP contribution >= 0.6 is 11.6 Å². The van der Waals surface area contributed by atoms with Crippen LogP contribution in [0.5, 0.6) is 0 Å². The van der Waals surface area contributed by atoms with Crippen molar-refractivity contribution < 1.29 is 9.59 Å². The number of carbonyl (C=O) groups excluding carboxylic acids is 2. The minimum absolute atomic E-state index is 0.185. The van der Waals surface area contributed by atoms with Gasteiger partial charge < -0.3 is 5.32 Å². The van der Waals surface area contributed by atoms with Crippen LogP contribution in [0.4, 0.5) is 22.2 Å². The van der Waals surface area contributed by atoms with Crippen LogP contribution in [-0.2, 0) is 11.3 Å². The molecule has 1 saturated carbocycles. The largest absolute Gasteiger partial charge is 0.351 e. The molecule has 1 aliphatic carbocycles. The molecule has 1 aliphatic heterocycles. The maximum Gasteiger partial charge on any atom is 0.327 e. The van der Waals surface area contributed by atoms with Crippen molar-refractivity contribution in [2.45, 2.75) is 38.3 Å². The molecule has 0 saturated heterocycles. The zero-order chi connectivity index (χ0) is 18.1. The Kier molecular flexibility index (Phi) is 4.46. The Morgan fingerprint density at radius 1 is 1.19 bits per heavy atom. The highest BCUT2D eigenvalue weighted by Gasteiger charge is 2.27. The molecule has 0 unspecified atom stereocenters. The molecule has 1 aromatic heterocycles. The van der Waals surface area contributed by atoms with E-state index in [1.54, 1.807) is 23.2 Å². The van der Waals surface area contributed by atoms with Gasteiger partial charge in [0.05, 0.1) is 17.3 Å². The highest BCUT2D eigenvalue weighted by molar-refractivity contribution is 6.34. The SMILES string of the molecule is O=C1CCC(Nc2ncc3c(n2)NC(=O)N(c2ccccc2Cl)C3)CC1. The maximum absolute atomic E-state index is 12.5. The average molecular weight is 372 g/mol. The number of hydrogen-bond donors (Lipinski definition) is 2. The van der Waals surface area contributed by atoms with Crippen LogP contribution < -0.4 is 15.5 Å². The molecule has 26 heavy (non-hydrogen) atoms. The summed E-state index contributed by atoms with van der Waals surface area (Å²) in [4.78, 5) is 34.2. The number of rotatable bonds is 3. The number of para-hydroxylation sites is 1. The quantitative estimate of drug-likeness (QED) is 0.860. The average Bonchev–Trinajstić information content (AvgIpc) is 2.64. The Morgan fingerprint density at radius 3 is 2.73 bits per heavy atom. The van der Waals surface area contributed by atoms with Gasteiger partial charge in [-0.15, -0.1) is 0 Å². The summed E-state index contributed by atoms with van der Waals surface area (Å²) in [7, 11) is 0. The fourth-order valence-electron chi connectivity index (χ4n) is 3.24. The summed E-state index contributed by atoms with van der Waals surface area (Å²) >= 11 is 6.21. The van der Waals surface area contributed by atoms with E-state index < -0.39 is 0 Å². The van der Waals surface area contributed by atoms with Crippen molar-refractivity contribution in [3.63, 3.8) is 0 Å². The molecule has 4 rings (SSSR count). The molecule has 1 aromatic carbocycles. The lowest BCUT2D eigenvalue weighted by atomic mass is 9.94. The fourth-order valence-corrected chi connectivity index (χ4v) is 3.48. The number of nitrogens with one attached hydrogen (secondary N) is 2. The third-order valence-electron chi connectivity index (χ3n) is 4.68. The monoisotopic (exact) mass is 371 g/mol. The Morgan fingerprint density at radius 2 is 1.96 bits per heavy atom. The van der Waals surface area contributed by atoms with Gasteiger partial charge in [-0.3, -0.25) is 15.0 Å². The van der Waals surface area contributed by atoms with Gasteiger partial charge in [0.2, 0.25) is 5.95 Å². The van der Waals surface area contributed by atoms with E-state index in [1.807, 2.05) is 12.1 Å². The minimum Gasteiger partial charge on any atom is -0.351 e. The highest BCUT2D eigenvalue weighted by atomic mass is 35.5. The van der Waals surface area contributed by atoms with Crippen molar-refractivity contribution in [1.29, 1.82) is 0 Å². The van der Waals surface area contributed by atoms with Gasteiger partial charge in [0.25, 0.3) is 0 Å². The summed E-state index contributed by atoms with van der Waals surface area (Å²) in [6, 6.07) is 7.11. The van der Waals surface area contributed by atoms with Crippen LogP contribution in [0.2, 0.25) is 5.02 Å². The van der Waals surface area contributed by atoms with Gasteiger partial charge in [-0.25, -0.2) is 9.78 Å². The molecule has 1 fully saturated rings. The number of nitrogens with zero attached hydrogens (tertiary/aromatic N) is 3. The van der Waals surface area contributed by atoms with Crippen molar-refractivity contribution >= 4 is 40.9 Å². The zero-order valence-electron chi connectivity index (χ0n) is 14.0. The van der Waals surface area contributed by atoms with Crippen LogP contribution in [0.25, 0.3) is 0 Å².